The molecular weight excluding hydrogens is 1150 g/mol. The Balaban J connectivity index is 0.986. The van der Waals surface area contributed by atoms with E-state index in [2.05, 4.69) is 345 Å². The minimum absolute atomic E-state index is 0.190. The van der Waals surface area contributed by atoms with Crippen molar-refractivity contribution in [3.63, 3.8) is 0 Å². The average molecular weight is 1200 g/mol. The van der Waals surface area contributed by atoms with Crippen molar-refractivity contribution in [2.24, 2.45) is 0 Å². The fourth-order valence-electron chi connectivity index (χ4n) is 14.9. The number of fused-ring (bicyclic) bond motifs is 13. The lowest BCUT2D eigenvalue weighted by Gasteiger charge is -2.45. The normalized spacial score (nSPS) is 13.1. The third kappa shape index (κ3) is 7.88. The summed E-state index contributed by atoms with van der Waals surface area (Å²) >= 11 is 3.88. The molecule has 19 rings (SSSR count). The van der Waals surface area contributed by atoms with E-state index >= 15 is 0 Å². The molecule has 0 bridgehead atoms. The first-order valence-corrected chi connectivity index (χ1v) is 32.6. The van der Waals surface area contributed by atoms with Gasteiger partial charge in [-0.25, -0.2) is 0 Å². The third-order valence-electron chi connectivity index (χ3n) is 18.5. The highest BCUT2D eigenvalue weighted by Crippen LogP contribution is 2.57. The van der Waals surface area contributed by atoms with Crippen molar-refractivity contribution in [3.05, 3.63) is 315 Å². The zero-order chi connectivity index (χ0) is 59.7. The van der Waals surface area contributed by atoms with Gasteiger partial charge in [-0.05, 0) is 155 Å². The van der Waals surface area contributed by atoms with E-state index in [1.807, 2.05) is 22.7 Å². The first kappa shape index (κ1) is 51.8. The van der Waals surface area contributed by atoms with Crippen LogP contribution in [-0.2, 0) is 0 Å². The minimum atomic E-state index is -0.268. The molecule has 4 aliphatic rings. The summed E-state index contributed by atoms with van der Waals surface area (Å²) in [4.78, 5) is 15.1. The molecule has 91 heavy (non-hydrogen) atoms. The second-order valence-electron chi connectivity index (χ2n) is 23.5. The first-order valence-electron chi connectivity index (χ1n) is 31.0. The number of furan rings is 1. The first-order chi connectivity index (χ1) is 45.2. The average Bonchev–Trinajstić information content (AvgIpc) is 1.57. The fraction of sp³-hybridized carbons (Fsp3) is 0. The van der Waals surface area contributed by atoms with Crippen LogP contribution in [0.25, 0.3) is 21.1 Å². The van der Waals surface area contributed by atoms with Gasteiger partial charge >= 0.3 is 0 Å². The number of para-hydroxylation sites is 9. The van der Waals surface area contributed by atoms with Crippen LogP contribution >= 0.6 is 22.7 Å². The lowest BCUT2D eigenvalue weighted by Crippen LogP contribution is -2.60. The Morgan fingerprint density at radius 2 is 0.626 bits per heavy atom. The van der Waals surface area contributed by atoms with E-state index in [4.69, 9.17) is 4.42 Å². The monoisotopic (exact) mass is 1200 g/mol. The lowest BCUT2D eigenvalue weighted by molar-refractivity contribution is 0.623. The standard InChI is InChI=1S/C80H52B2N6OS2/c1-9-29-53(30-10-1)83(54-31-11-2-12-32-54)61-49-65-73-67(51-61)87(59-41-21-7-22-42-59)79-71(63-45-25-27-47-69(63)89-79)81(73)77-75(85(65)57-37-17-5-18-38-57)76-78(91-77)82-72-64-46-26-28-48-70(64)90-80(72)88(60-43-23-8-24-44-60)68-52-62(50-66(74(68)82)86(76)58-39-19-6-20-40-58)84(55-33-13-3-14-34-55)56-35-15-4-16-36-56/h1-52H. The molecule has 0 N–H and O–H groups in total. The number of thiophene rings is 2. The summed E-state index contributed by atoms with van der Waals surface area (Å²) < 4.78 is 11.3. The second-order valence-corrected chi connectivity index (χ2v) is 25.6. The molecule has 0 amide bonds. The van der Waals surface area contributed by atoms with Gasteiger partial charge in [0.1, 0.15) is 5.58 Å². The van der Waals surface area contributed by atoms with Gasteiger partial charge in [-0.3, -0.25) is 4.90 Å². The molecule has 0 unspecified atom stereocenters. The molecule has 0 saturated heterocycles. The van der Waals surface area contributed by atoms with Crippen molar-refractivity contribution in [2.75, 3.05) is 29.4 Å². The van der Waals surface area contributed by atoms with Crippen LogP contribution < -0.4 is 60.8 Å². The van der Waals surface area contributed by atoms with Gasteiger partial charge in [-0.1, -0.05) is 182 Å². The van der Waals surface area contributed by atoms with Crippen molar-refractivity contribution in [3.8, 4) is 0 Å². The Morgan fingerprint density at radius 3 is 1.08 bits per heavy atom. The second kappa shape index (κ2) is 20.7. The maximum atomic E-state index is 7.45. The Hall–Kier alpha value is -11.2. The number of hydrogen-bond acceptors (Lipinski definition) is 9. The summed E-state index contributed by atoms with van der Waals surface area (Å²) in [5.74, 6) is 0.823. The summed E-state index contributed by atoms with van der Waals surface area (Å²) in [5.41, 5.74) is 23.1. The molecular formula is C80H52B2N6OS2. The van der Waals surface area contributed by atoms with Gasteiger partial charge in [0.15, 0.2) is 0 Å². The Morgan fingerprint density at radius 1 is 0.286 bits per heavy atom. The third-order valence-corrected chi connectivity index (χ3v) is 21.0. The SMILES string of the molecule is c1ccc(N(c2ccccc2)c2cc3c4c(c2)N(c2ccccc2)c2c(sc5c2N(c2ccccc2)c2cc(N(c6ccccc6)c6ccccc6)cc6c2B5c2c(sc5ccccc25)N6c2ccccc2)B4c2c(oc4ccccc24)N3c2ccccc2)cc1. The highest BCUT2D eigenvalue weighted by molar-refractivity contribution is 7.40. The molecule has 4 aliphatic heterocycles. The van der Waals surface area contributed by atoms with Crippen molar-refractivity contribution >= 4 is 190 Å². The van der Waals surface area contributed by atoms with Crippen LogP contribution in [0.4, 0.5) is 102 Å². The van der Waals surface area contributed by atoms with E-state index in [1.165, 1.54) is 41.0 Å². The van der Waals surface area contributed by atoms with Crippen LogP contribution in [-0.4, -0.2) is 13.4 Å². The molecule has 7 nitrogen and oxygen atoms in total. The van der Waals surface area contributed by atoms with E-state index < -0.39 is 0 Å². The molecule has 0 aliphatic carbocycles. The van der Waals surface area contributed by atoms with E-state index in [0.717, 1.165) is 113 Å². The summed E-state index contributed by atoms with van der Waals surface area (Å²) in [5, 5.41) is 3.59. The van der Waals surface area contributed by atoms with Crippen molar-refractivity contribution in [1.29, 1.82) is 0 Å². The van der Waals surface area contributed by atoms with E-state index in [-0.39, 0.29) is 13.4 Å². The van der Waals surface area contributed by atoms with Gasteiger partial charge in [0.25, 0.3) is 13.4 Å². The lowest BCUT2D eigenvalue weighted by atomic mass is 9.35. The zero-order valence-electron chi connectivity index (χ0n) is 49.1. The van der Waals surface area contributed by atoms with E-state index in [1.54, 1.807) is 0 Å². The Kier molecular flexibility index (Phi) is 11.8. The zero-order valence-corrected chi connectivity index (χ0v) is 50.7. The van der Waals surface area contributed by atoms with Crippen LogP contribution in [0.15, 0.2) is 320 Å². The Labute approximate surface area is 536 Å². The highest BCUT2D eigenvalue weighted by Gasteiger charge is 2.54. The number of anilines is 18. The quantitative estimate of drug-likeness (QED) is 0.126. The smallest absolute Gasteiger partial charge is 0.269 e. The molecule has 7 heterocycles. The van der Waals surface area contributed by atoms with Crippen molar-refractivity contribution in [2.45, 2.75) is 0 Å². The van der Waals surface area contributed by atoms with Gasteiger partial charge in [0.05, 0.1) is 27.8 Å². The fourth-order valence-corrected chi connectivity index (χ4v) is 17.7. The molecule has 0 atom stereocenters. The number of benzene rings is 12. The largest absolute Gasteiger partial charge is 0.440 e. The predicted octanol–water partition coefficient (Wildman–Crippen LogP) is 18.8. The van der Waals surface area contributed by atoms with Gasteiger partial charge in [0, 0.05) is 93.4 Å². The molecule has 12 aromatic carbocycles. The number of rotatable bonds is 10. The maximum Gasteiger partial charge on any atom is 0.269 e. The van der Waals surface area contributed by atoms with Gasteiger partial charge in [-0.2, -0.15) is 11.3 Å². The Bertz CT molecular complexity index is 4880. The summed E-state index contributed by atoms with van der Waals surface area (Å²) in [6.07, 6.45) is 0. The minimum Gasteiger partial charge on any atom is -0.440 e. The van der Waals surface area contributed by atoms with E-state index in [9.17, 15) is 0 Å². The van der Waals surface area contributed by atoms with E-state index in [0.29, 0.717) is 0 Å². The molecule has 0 saturated carbocycles. The van der Waals surface area contributed by atoms with Crippen LogP contribution in [0.3, 0.4) is 0 Å². The number of nitrogens with zero attached hydrogens (tertiary/aromatic N) is 6. The molecule has 426 valence electrons. The number of hydrogen-bond donors (Lipinski definition) is 0. The van der Waals surface area contributed by atoms with Gasteiger partial charge in [-0.15, -0.1) is 11.3 Å². The van der Waals surface area contributed by atoms with Crippen LogP contribution in [0, 0.1) is 0 Å². The summed E-state index contributed by atoms with van der Waals surface area (Å²) in [6.45, 7) is -0.458. The van der Waals surface area contributed by atoms with Gasteiger partial charge < -0.3 is 28.9 Å². The molecule has 11 heteroatoms. The summed E-state index contributed by atoms with van der Waals surface area (Å²) in [6, 6.07) is 115. The topological polar surface area (TPSA) is 32.6 Å². The molecule has 0 spiro atoms. The van der Waals surface area contributed by atoms with Crippen LogP contribution in [0.1, 0.15) is 0 Å². The summed E-state index contributed by atoms with van der Waals surface area (Å²) in [7, 11) is 0. The van der Waals surface area contributed by atoms with Gasteiger partial charge in [0.2, 0.25) is 5.88 Å². The van der Waals surface area contributed by atoms with Crippen molar-refractivity contribution < 1.29 is 4.42 Å². The molecule has 15 aromatic rings. The molecule has 0 fully saturated rings. The van der Waals surface area contributed by atoms with Crippen molar-refractivity contribution in [1.82, 2.24) is 0 Å². The van der Waals surface area contributed by atoms with Crippen LogP contribution in [0.2, 0.25) is 0 Å². The van der Waals surface area contributed by atoms with Crippen LogP contribution in [0.5, 0.6) is 0 Å². The molecule has 3 aromatic heterocycles. The predicted molar refractivity (Wildman–Crippen MR) is 387 cm³/mol. The molecule has 0 radical (unpaired) electrons. The maximum absolute atomic E-state index is 7.45. The highest BCUT2D eigenvalue weighted by atomic mass is 32.1.